The van der Waals surface area contributed by atoms with Crippen LogP contribution in [0.3, 0.4) is 0 Å². The summed E-state index contributed by atoms with van der Waals surface area (Å²) in [5.41, 5.74) is 1.21. The van der Waals surface area contributed by atoms with Crippen molar-refractivity contribution in [3.05, 3.63) is 57.0 Å². The molecule has 4 rings (SSSR count). The number of rotatable bonds is 3. The zero-order chi connectivity index (χ0) is 22.3. The summed E-state index contributed by atoms with van der Waals surface area (Å²) in [5, 5.41) is 9.58. The number of halogens is 3. The molecule has 3 N–H and O–H groups in total. The molecule has 8 nitrogen and oxygen atoms in total. The van der Waals surface area contributed by atoms with Crippen LogP contribution >= 0.6 is 12.2 Å². The van der Waals surface area contributed by atoms with Gasteiger partial charge in [0.15, 0.2) is 4.77 Å². The Morgan fingerprint density at radius 2 is 2.13 bits per heavy atom. The number of hydrogen-bond acceptors (Lipinski definition) is 4. The van der Waals surface area contributed by atoms with Crippen LogP contribution in [0.5, 0.6) is 0 Å². The van der Waals surface area contributed by atoms with Crippen molar-refractivity contribution in [3.8, 4) is 0 Å². The maximum Gasteiger partial charge on any atom is 0.407 e. The number of alkyl halides is 3. The van der Waals surface area contributed by atoms with Crippen molar-refractivity contribution >= 4 is 29.3 Å². The highest BCUT2D eigenvalue weighted by atomic mass is 32.1. The molecular formula is C19H18F3N5O3S. The molecule has 0 bridgehead atoms. The number of carbonyl (C=O) groups is 1. The molecule has 2 atom stereocenters. The fraction of sp³-hybridized carbons (Fsp3) is 0.368. The van der Waals surface area contributed by atoms with E-state index in [1.54, 1.807) is 29.0 Å². The van der Waals surface area contributed by atoms with Gasteiger partial charge in [0.2, 0.25) is 0 Å². The molecule has 4 heterocycles. The molecule has 0 radical (unpaired) electrons. The van der Waals surface area contributed by atoms with E-state index in [2.05, 4.69) is 15.0 Å². The molecule has 0 saturated carbocycles. The number of likely N-dealkylation sites (tertiary alicyclic amines) is 1. The highest BCUT2D eigenvalue weighted by Crippen LogP contribution is 2.42. The van der Waals surface area contributed by atoms with Gasteiger partial charge in [-0.3, -0.25) is 19.7 Å². The molecule has 1 amide bonds. The van der Waals surface area contributed by atoms with Gasteiger partial charge in [-0.25, -0.2) is 4.79 Å². The first-order valence-electron chi connectivity index (χ1n) is 9.47. The van der Waals surface area contributed by atoms with Crippen molar-refractivity contribution in [1.82, 2.24) is 24.4 Å². The number of nitrogens with zero attached hydrogens (tertiary/aromatic N) is 3. The third-order valence-corrected chi connectivity index (χ3v) is 5.91. The number of amides is 1. The molecule has 12 heteroatoms. The lowest BCUT2D eigenvalue weighted by molar-refractivity contribution is -0.188. The molecule has 3 aromatic rings. The van der Waals surface area contributed by atoms with Gasteiger partial charge >= 0.3 is 12.3 Å². The third-order valence-electron chi connectivity index (χ3n) is 5.59. The van der Waals surface area contributed by atoms with Gasteiger partial charge in [0.1, 0.15) is 5.52 Å². The van der Waals surface area contributed by atoms with Crippen LogP contribution in [-0.2, 0) is 6.54 Å². The lowest BCUT2D eigenvalue weighted by Crippen LogP contribution is -2.44. The van der Waals surface area contributed by atoms with E-state index in [1.165, 1.54) is 6.20 Å². The maximum absolute atomic E-state index is 13.4. The first-order chi connectivity index (χ1) is 14.7. The number of piperidine rings is 1. The van der Waals surface area contributed by atoms with E-state index in [-0.39, 0.29) is 35.5 Å². The van der Waals surface area contributed by atoms with Crippen LogP contribution in [0.15, 0.2) is 35.4 Å². The van der Waals surface area contributed by atoms with Gasteiger partial charge in [-0.1, -0.05) is 6.07 Å². The summed E-state index contributed by atoms with van der Waals surface area (Å²) in [7, 11) is 0. The minimum absolute atomic E-state index is 0.105. The van der Waals surface area contributed by atoms with E-state index in [4.69, 9.17) is 12.2 Å². The number of aromatic amines is 2. The number of aromatic nitrogens is 4. The van der Waals surface area contributed by atoms with Crippen LogP contribution in [0.4, 0.5) is 18.0 Å². The highest BCUT2D eigenvalue weighted by molar-refractivity contribution is 7.71. The average molecular weight is 453 g/mol. The predicted octanol–water partition coefficient (Wildman–Crippen LogP) is 3.82. The van der Waals surface area contributed by atoms with Gasteiger partial charge in [-0.15, -0.1) is 0 Å². The van der Waals surface area contributed by atoms with Crippen LogP contribution in [0.2, 0.25) is 0 Å². The van der Waals surface area contributed by atoms with Gasteiger partial charge in [-0.05, 0) is 42.8 Å². The molecule has 164 valence electrons. The average Bonchev–Trinajstić information content (AvgIpc) is 3.20. The van der Waals surface area contributed by atoms with E-state index in [0.29, 0.717) is 16.6 Å². The number of carboxylic acid groups (broad SMARTS) is 1. The zero-order valence-corrected chi connectivity index (χ0v) is 16.8. The molecule has 0 unspecified atom stereocenters. The molecule has 1 aliphatic heterocycles. The quantitative estimate of drug-likeness (QED) is 0.523. The molecular weight excluding hydrogens is 435 g/mol. The number of hydrogen-bond donors (Lipinski definition) is 3. The minimum atomic E-state index is -4.42. The normalized spacial score (nSPS) is 19.6. The topological polar surface area (TPSA) is 107 Å². The van der Waals surface area contributed by atoms with Crippen LogP contribution in [0.25, 0.3) is 11.0 Å². The minimum Gasteiger partial charge on any atom is -0.465 e. The van der Waals surface area contributed by atoms with Crippen molar-refractivity contribution in [2.75, 3.05) is 6.54 Å². The summed E-state index contributed by atoms with van der Waals surface area (Å²) in [5.74, 6) is -1.62. The van der Waals surface area contributed by atoms with Gasteiger partial charge in [0, 0.05) is 18.9 Å². The molecule has 0 aromatic carbocycles. The Balaban J connectivity index is 1.78. The number of H-pyrrole nitrogens is 2. The SMILES string of the molecule is O=C(O)N1CC[C@@H](C(F)(F)F)C[C@@H]1c1ncccc1Cn1c(=S)[nH]c(=O)c2[nH]ccc21. The first kappa shape index (κ1) is 21.1. The third kappa shape index (κ3) is 3.94. The van der Waals surface area contributed by atoms with Gasteiger partial charge in [-0.2, -0.15) is 13.2 Å². The van der Waals surface area contributed by atoms with Crippen LogP contribution in [-0.4, -0.2) is 48.3 Å². The fourth-order valence-corrected chi connectivity index (χ4v) is 4.32. The molecule has 1 fully saturated rings. The Morgan fingerprint density at radius 1 is 1.35 bits per heavy atom. The number of fused-ring (bicyclic) bond motifs is 1. The molecule has 3 aromatic heterocycles. The largest absolute Gasteiger partial charge is 0.465 e. The molecule has 1 aliphatic rings. The van der Waals surface area contributed by atoms with Crippen molar-refractivity contribution in [1.29, 1.82) is 0 Å². The standard InChI is InChI=1S/C19H18F3N5O3S/c20-19(21,22)11-4-7-26(18(29)30)13(8-11)14-10(2-1-5-23-14)9-27-12-3-6-24-15(12)16(28)25-17(27)31/h1-3,5-6,11,13,24H,4,7-9H2,(H,29,30)(H,25,28,31)/t11-,13-/m1/s1. The second-order valence-corrected chi connectivity index (χ2v) is 7.77. The van der Waals surface area contributed by atoms with Crippen LogP contribution in [0, 0.1) is 10.7 Å². The second kappa shape index (κ2) is 7.84. The van der Waals surface area contributed by atoms with E-state index < -0.39 is 30.7 Å². The van der Waals surface area contributed by atoms with Crippen molar-refractivity contribution < 1.29 is 23.1 Å². The predicted molar refractivity (Wildman–Crippen MR) is 107 cm³/mol. The Hall–Kier alpha value is -3.15. The molecule has 1 saturated heterocycles. The van der Waals surface area contributed by atoms with Crippen molar-refractivity contribution in [2.24, 2.45) is 5.92 Å². The highest BCUT2D eigenvalue weighted by Gasteiger charge is 2.46. The second-order valence-electron chi connectivity index (χ2n) is 7.39. The maximum atomic E-state index is 13.4. The molecule has 0 spiro atoms. The van der Waals surface area contributed by atoms with E-state index in [9.17, 15) is 27.9 Å². The summed E-state index contributed by atoms with van der Waals surface area (Å²) in [6.45, 7) is -0.131. The Kier molecular flexibility index (Phi) is 5.33. The Bertz CT molecular complexity index is 1250. The summed E-state index contributed by atoms with van der Waals surface area (Å²) in [6, 6.07) is 3.91. The number of pyridine rings is 1. The zero-order valence-electron chi connectivity index (χ0n) is 16.0. The van der Waals surface area contributed by atoms with Crippen LogP contribution in [0.1, 0.15) is 30.1 Å². The smallest absolute Gasteiger partial charge is 0.407 e. The summed E-state index contributed by atoms with van der Waals surface area (Å²) < 4.78 is 41.9. The summed E-state index contributed by atoms with van der Waals surface area (Å²) in [4.78, 5) is 34.5. The van der Waals surface area contributed by atoms with E-state index in [0.717, 1.165) is 4.90 Å². The molecule has 0 aliphatic carbocycles. The van der Waals surface area contributed by atoms with Crippen molar-refractivity contribution in [2.45, 2.75) is 31.6 Å². The summed E-state index contributed by atoms with van der Waals surface area (Å²) >= 11 is 5.28. The van der Waals surface area contributed by atoms with E-state index >= 15 is 0 Å². The lowest BCUT2D eigenvalue weighted by atomic mass is 9.87. The van der Waals surface area contributed by atoms with Crippen molar-refractivity contribution in [3.63, 3.8) is 0 Å². The van der Waals surface area contributed by atoms with Gasteiger partial charge < -0.3 is 14.7 Å². The monoisotopic (exact) mass is 453 g/mol. The lowest BCUT2D eigenvalue weighted by Gasteiger charge is -2.38. The fourth-order valence-electron chi connectivity index (χ4n) is 4.07. The summed E-state index contributed by atoms with van der Waals surface area (Å²) in [6.07, 6.45) is -3.41. The number of nitrogens with one attached hydrogen (secondary N) is 2. The molecule has 31 heavy (non-hydrogen) atoms. The van der Waals surface area contributed by atoms with E-state index in [1.807, 2.05) is 0 Å². The van der Waals surface area contributed by atoms with Crippen LogP contribution < -0.4 is 5.56 Å². The van der Waals surface area contributed by atoms with Gasteiger partial charge in [0.25, 0.3) is 5.56 Å². The first-order valence-corrected chi connectivity index (χ1v) is 9.88. The Morgan fingerprint density at radius 3 is 2.84 bits per heavy atom. The Labute approximate surface area is 178 Å². The van der Waals surface area contributed by atoms with Gasteiger partial charge in [0.05, 0.1) is 29.7 Å².